The maximum absolute atomic E-state index is 12.8. The molecule has 1 saturated carbocycles. The smallest absolute Gasteiger partial charge is 0.254 e. The molecule has 5 rings (SSSR count). The lowest BCUT2D eigenvalue weighted by molar-refractivity contribution is -0.127. The van der Waals surface area contributed by atoms with Gasteiger partial charge in [-0.05, 0) is 62.1 Å². The molecule has 1 aromatic carbocycles. The Bertz CT molecular complexity index is 1320. The van der Waals surface area contributed by atoms with Crippen LogP contribution >= 0.6 is 0 Å². The molecule has 9 heteroatoms. The largest absolute Gasteiger partial charge is 0.496 e. The molecule has 2 fully saturated rings. The third-order valence-corrected chi connectivity index (χ3v) is 7.36. The Morgan fingerprint density at radius 2 is 1.86 bits per heavy atom. The van der Waals surface area contributed by atoms with E-state index in [1.807, 2.05) is 0 Å². The first kappa shape index (κ1) is 17.0. The van der Waals surface area contributed by atoms with Crippen molar-refractivity contribution >= 4 is 17.6 Å². The Hall–Kier alpha value is -3.49. The first-order chi connectivity index (χ1) is 19.3. The summed E-state index contributed by atoms with van der Waals surface area (Å²) >= 11 is 0. The van der Waals surface area contributed by atoms with Crippen LogP contribution in [0.1, 0.15) is 68.2 Å². The number of benzene rings is 1. The van der Waals surface area contributed by atoms with Gasteiger partial charge in [0.15, 0.2) is 0 Å². The number of nitrogens with zero attached hydrogens (tertiary/aromatic N) is 3. The van der Waals surface area contributed by atoms with Gasteiger partial charge in [-0.2, -0.15) is 5.10 Å². The quantitative estimate of drug-likeness (QED) is 0.582. The summed E-state index contributed by atoms with van der Waals surface area (Å²) < 4.78 is 58.6. The number of hydrogen-bond acceptors (Lipinski definition) is 6. The molecule has 2 aromatic rings. The molecule has 1 aliphatic carbocycles. The fraction of sp³-hybridized carbons (Fsp3) is 0.500. The second-order valence-corrected chi connectivity index (χ2v) is 9.40. The normalized spacial score (nSPS) is 23.3. The van der Waals surface area contributed by atoms with Crippen LogP contribution in [0.2, 0.25) is 0 Å². The lowest BCUT2D eigenvalue weighted by Gasteiger charge is -2.38. The van der Waals surface area contributed by atoms with Gasteiger partial charge in [-0.3, -0.25) is 9.59 Å². The van der Waals surface area contributed by atoms with Gasteiger partial charge in [0, 0.05) is 30.8 Å². The third-order valence-electron chi connectivity index (χ3n) is 7.36. The van der Waals surface area contributed by atoms with Crippen LogP contribution in [0.3, 0.4) is 0 Å². The second-order valence-electron chi connectivity index (χ2n) is 9.40. The summed E-state index contributed by atoms with van der Waals surface area (Å²) in [4.78, 5) is 26.6. The second kappa shape index (κ2) is 9.28. The van der Waals surface area contributed by atoms with Gasteiger partial charge in [0.05, 0.1) is 28.3 Å². The Morgan fingerprint density at radius 3 is 2.43 bits per heavy atom. The van der Waals surface area contributed by atoms with Gasteiger partial charge in [-0.25, -0.2) is 4.68 Å². The van der Waals surface area contributed by atoms with Crippen molar-refractivity contribution in [1.29, 1.82) is 0 Å². The predicted molar refractivity (Wildman–Crippen MR) is 133 cm³/mol. The number of piperidine rings is 1. The van der Waals surface area contributed by atoms with Crippen molar-refractivity contribution in [1.82, 2.24) is 14.7 Å². The van der Waals surface area contributed by atoms with Gasteiger partial charge in [0.2, 0.25) is 5.91 Å². The fourth-order valence-corrected chi connectivity index (χ4v) is 5.49. The molecule has 1 saturated heterocycles. The van der Waals surface area contributed by atoms with Crippen molar-refractivity contribution in [2.24, 2.45) is 11.7 Å². The molecule has 0 spiro atoms. The highest BCUT2D eigenvalue weighted by Crippen LogP contribution is 2.50. The van der Waals surface area contributed by atoms with Crippen LogP contribution in [0.25, 0.3) is 11.3 Å². The highest BCUT2D eigenvalue weighted by Gasteiger charge is 2.37. The zero-order valence-corrected chi connectivity index (χ0v) is 19.4. The molecule has 0 radical (unpaired) electrons. The van der Waals surface area contributed by atoms with E-state index in [9.17, 15) is 9.59 Å². The lowest BCUT2D eigenvalue weighted by atomic mass is 9.87. The fourth-order valence-electron chi connectivity index (χ4n) is 5.49. The molecular formula is C26H33N5O4. The van der Waals surface area contributed by atoms with Gasteiger partial charge < -0.3 is 25.4 Å². The molecule has 186 valence electrons. The van der Waals surface area contributed by atoms with E-state index in [0.717, 1.165) is 32.1 Å². The van der Waals surface area contributed by atoms with Gasteiger partial charge in [-0.15, -0.1) is 0 Å². The average molecular weight is 486 g/mol. The van der Waals surface area contributed by atoms with Crippen LogP contribution in [0, 0.1) is 5.92 Å². The molecule has 2 amide bonds. The highest BCUT2D eigenvalue weighted by molar-refractivity contribution is 6.04. The van der Waals surface area contributed by atoms with E-state index in [1.54, 1.807) is 9.58 Å². The first-order valence-corrected chi connectivity index (χ1v) is 11.9. The number of rotatable bonds is 7. The minimum atomic E-state index is -2.81. The number of anilines is 1. The van der Waals surface area contributed by atoms with Crippen molar-refractivity contribution < 1.29 is 27.3 Å². The third kappa shape index (κ3) is 4.13. The van der Waals surface area contributed by atoms with Crippen LogP contribution in [-0.4, -0.2) is 60.2 Å². The zero-order chi connectivity index (χ0) is 29.7. The number of aromatic nitrogens is 2. The molecule has 0 bridgehead atoms. The molecular weight excluding hydrogens is 446 g/mol. The predicted octanol–water partition coefficient (Wildman–Crippen LogP) is 3.32. The number of hydrogen-bond donors (Lipinski definition) is 2. The molecule has 2 aliphatic heterocycles. The Labute approximate surface area is 213 Å². The summed E-state index contributed by atoms with van der Waals surface area (Å²) in [6.07, 6.45) is 4.98. The van der Waals surface area contributed by atoms with E-state index in [2.05, 4.69) is 11.9 Å². The number of carbonyl (C=O) groups excluding carboxylic acids is 2. The average Bonchev–Trinajstić information content (AvgIpc) is 3.63. The summed E-state index contributed by atoms with van der Waals surface area (Å²) in [5, 5.41) is 8.03. The van der Waals surface area contributed by atoms with Crippen LogP contribution in [0.4, 0.5) is 5.82 Å². The monoisotopic (exact) mass is 485 g/mol. The molecule has 3 heterocycles. The number of ether oxygens (including phenoxy) is 2. The number of carbonyl (C=O) groups is 2. The Kier molecular flexibility index (Phi) is 4.51. The lowest BCUT2D eigenvalue weighted by Crippen LogP contribution is -2.41. The minimum absolute atomic E-state index is 0.0468. The number of fused-ring (bicyclic) bond motifs is 1. The Balaban J connectivity index is 1.59. The molecule has 9 nitrogen and oxygen atoms in total. The first-order valence-electron chi connectivity index (χ1n) is 14.9. The number of methoxy groups -OCH3 is 2. The minimum Gasteiger partial charge on any atom is -0.496 e. The van der Waals surface area contributed by atoms with Crippen LogP contribution in [0.15, 0.2) is 24.8 Å². The van der Waals surface area contributed by atoms with Gasteiger partial charge in [0.25, 0.3) is 5.91 Å². The van der Waals surface area contributed by atoms with Crippen molar-refractivity contribution in [3.05, 3.63) is 35.9 Å². The van der Waals surface area contributed by atoms with Gasteiger partial charge in [0.1, 0.15) is 28.6 Å². The highest BCUT2D eigenvalue weighted by atomic mass is 16.5. The number of primary amides is 1. The molecule has 0 unspecified atom stereocenters. The molecule has 3 aliphatic rings. The maximum atomic E-state index is 12.8. The van der Waals surface area contributed by atoms with E-state index in [-0.39, 0.29) is 52.1 Å². The van der Waals surface area contributed by atoms with E-state index in [0.29, 0.717) is 31.0 Å². The number of likely N-dealkylation sites (tertiary alicyclic amines) is 1. The summed E-state index contributed by atoms with van der Waals surface area (Å²) in [7, 11) is -5.62. The summed E-state index contributed by atoms with van der Waals surface area (Å²) in [6, 6.07) is 2.84. The van der Waals surface area contributed by atoms with E-state index >= 15 is 0 Å². The van der Waals surface area contributed by atoms with Crippen LogP contribution < -0.4 is 20.5 Å². The molecule has 3 N–H and O–H groups in total. The van der Waals surface area contributed by atoms with Crippen LogP contribution in [0.5, 0.6) is 11.5 Å². The van der Waals surface area contributed by atoms with Crippen molar-refractivity contribution in [2.75, 3.05) is 39.0 Å². The van der Waals surface area contributed by atoms with Gasteiger partial charge >= 0.3 is 0 Å². The summed E-state index contributed by atoms with van der Waals surface area (Å²) in [6.45, 7) is 5.30. The maximum Gasteiger partial charge on any atom is 0.254 e. The SMILES string of the molecule is [2H]C([2H])([2H])Oc1cc(-c2nn3c(c2C(N)=O)NCC[C@@H]3C2CCN(C(=O)C=C)CC2)cc(OC([2H])([2H])[2H])c1C1CC1. The van der Waals surface area contributed by atoms with Crippen molar-refractivity contribution in [3.63, 3.8) is 0 Å². The Morgan fingerprint density at radius 1 is 1.17 bits per heavy atom. The summed E-state index contributed by atoms with van der Waals surface area (Å²) in [5.41, 5.74) is 6.73. The summed E-state index contributed by atoms with van der Waals surface area (Å²) in [5.74, 6) is -0.441. The number of nitrogens with one attached hydrogen (secondary N) is 1. The van der Waals surface area contributed by atoms with Gasteiger partial charge in [-0.1, -0.05) is 6.58 Å². The zero-order valence-electron chi connectivity index (χ0n) is 25.4. The van der Waals surface area contributed by atoms with Crippen LogP contribution in [-0.2, 0) is 4.79 Å². The topological polar surface area (TPSA) is 112 Å². The van der Waals surface area contributed by atoms with Crippen molar-refractivity contribution in [2.45, 2.75) is 44.1 Å². The van der Waals surface area contributed by atoms with E-state index in [4.69, 9.17) is 28.5 Å². The number of nitrogens with two attached hydrogens (primary N) is 1. The standard InChI is InChI=1S/C26H33N5O4/c1-4-21(32)30-11-8-15(9-12-30)18-7-10-28-26-23(25(27)33)24(29-31(18)26)17-13-19(34-2)22(16-5-6-16)20(14-17)35-3/h4,13-16,18,28H,1,5-12H2,2-3H3,(H2,27,33)/t18-/m1/s1/i2D3,3D3. The van der Waals surface area contributed by atoms with E-state index in [1.165, 1.54) is 18.2 Å². The van der Waals surface area contributed by atoms with Crippen molar-refractivity contribution in [3.8, 4) is 22.8 Å². The van der Waals surface area contributed by atoms with E-state index < -0.39 is 20.0 Å². The molecule has 1 atom stereocenters. The number of amides is 2. The molecule has 35 heavy (non-hydrogen) atoms. The molecule has 1 aromatic heterocycles.